The molecule has 0 radical (unpaired) electrons. The molecule has 4 nitrogen and oxygen atoms in total. The van der Waals surface area contributed by atoms with Crippen molar-refractivity contribution in [2.24, 2.45) is 0 Å². The zero-order valence-electron chi connectivity index (χ0n) is 12.1. The van der Waals surface area contributed by atoms with Gasteiger partial charge in [0.15, 0.2) is 5.75 Å². The van der Waals surface area contributed by atoms with Gasteiger partial charge in [0.1, 0.15) is 5.75 Å². The lowest BCUT2D eigenvalue weighted by Crippen LogP contribution is -2.03. The molecule has 0 saturated heterocycles. The molecular weight excluding hydrogens is 264 g/mol. The maximum atomic E-state index is 11.4. The number of para-hydroxylation sites is 1. The van der Waals surface area contributed by atoms with Crippen LogP contribution in [0.2, 0.25) is 0 Å². The van der Waals surface area contributed by atoms with E-state index in [4.69, 9.17) is 10.5 Å². The van der Waals surface area contributed by atoms with Crippen LogP contribution in [0.1, 0.15) is 30.9 Å². The van der Waals surface area contributed by atoms with Crippen LogP contribution in [0.4, 0.5) is 11.4 Å². The summed E-state index contributed by atoms with van der Waals surface area (Å²) in [6.07, 6.45) is 0.377. The van der Waals surface area contributed by atoms with Gasteiger partial charge >= 0.3 is 0 Å². The van der Waals surface area contributed by atoms with Gasteiger partial charge in [-0.2, -0.15) is 0 Å². The standard InChI is InChI=1S/C17H18N2O2/c1-10(2)12-5-3-4-6-15(12)21-16-9-14-11(7-13(16)18)8-17(20)19-14/h3-7,9-10H,8,18H2,1-2H3,(H,19,20). The van der Waals surface area contributed by atoms with Crippen LogP contribution in [0.25, 0.3) is 0 Å². The first-order valence-corrected chi connectivity index (χ1v) is 7.03. The first-order valence-electron chi connectivity index (χ1n) is 7.03. The second-order valence-electron chi connectivity index (χ2n) is 5.57. The Hall–Kier alpha value is -2.49. The Kier molecular flexibility index (Phi) is 3.29. The lowest BCUT2D eigenvalue weighted by atomic mass is 10.0. The monoisotopic (exact) mass is 282 g/mol. The minimum atomic E-state index is -0.0101. The molecule has 3 N–H and O–H groups in total. The predicted molar refractivity (Wildman–Crippen MR) is 83.8 cm³/mol. The normalized spacial score (nSPS) is 13.2. The molecule has 3 rings (SSSR count). The third-order valence-electron chi connectivity index (χ3n) is 3.62. The quantitative estimate of drug-likeness (QED) is 0.844. The summed E-state index contributed by atoms with van der Waals surface area (Å²) in [5.74, 6) is 1.72. The number of ether oxygens (including phenoxy) is 1. The molecular formula is C17H18N2O2. The molecule has 0 aliphatic carbocycles. The fraction of sp³-hybridized carbons (Fsp3) is 0.235. The number of fused-ring (bicyclic) bond motifs is 1. The molecule has 0 bridgehead atoms. The molecule has 0 atom stereocenters. The second-order valence-corrected chi connectivity index (χ2v) is 5.57. The number of nitrogen functional groups attached to an aromatic ring is 1. The number of rotatable bonds is 3. The van der Waals surface area contributed by atoms with E-state index in [0.29, 0.717) is 23.8 Å². The number of amides is 1. The zero-order valence-corrected chi connectivity index (χ0v) is 12.1. The number of hydrogen-bond donors (Lipinski definition) is 2. The van der Waals surface area contributed by atoms with Gasteiger partial charge in [-0.05, 0) is 29.2 Å². The van der Waals surface area contributed by atoms with Crippen molar-refractivity contribution in [2.45, 2.75) is 26.2 Å². The smallest absolute Gasteiger partial charge is 0.228 e. The Balaban J connectivity index is 1.96. The third-order valence-corrected chi connectivity index (χ3v) is 3.62. The summed E-state index contributed by atoms with van der Waals surface area (Å²) < 4.78 is 5.99. The average Bonchev–Trinajstić information content (AvgIpc) is 2.78. The number of anilines is 2. The Bertz CT molecular complexity index is 708. The van der Waals surface area contributed by atoms with E-state index >= 15 is 0 Å². The summed E-state index contributed by atoms with van der Waals surface area (Å²) in [6.45, 7) is 4.24. The maximum absolute atomic E-state index is 11.4. The van der Waals surface area contributed by atoms with Gasteiger partial charge in [0.2, 0.25) is 5.91 Å². The number of benzene rings is 2. The van der Waals surface area contributed by atoms with Crippen molar-refractivity contribution in [1.82, 2.24) is 0 Å². The van der Waals surface area contributed by atoms with Gasteiger partial charge in [0.25, 0.3) is 0 Å². The highest BCUT2D eigenvalue weighted by Gasteiger charge is 2.20. The highest BCUT2D eigenvalue weighted by atomic mass is 16.5. The van der Waals surface area contributed by atoms with Crippen molar-refractivity contribution >= 4 is 17.3 Å². The number of nitrogens with one attached hydrogen (secondary N) is 1. The molecule has 2 aromatic rings. The molecule has 1 heterocycles. The fourth-order valence-corrected chi connectivity index (χ4v) is 2.53. The number of carbonyl (C=O) groups excluding carboxylic acids is 1. The molecule has 0 aromatic heterocycles. The van der Waals surface area contributed by atoms with Crippen molar-refractivity contribution < 1.29 is 9.53 Å². The van der Waals surface area contributed by atoms with Crippen molar-refractivity contribution in [3.8, 4) is 11.5 Å². The van der Waals surface area contributed by atoms with E-state index in [9.17, 15) is 4.79 Å². The molecule has 21 heavy (non-hydrogen) atoms. The Morgan fingerprint density at radius 3 is 2.71 bits per heavy atom. The third kappa shape index (κ3) is 2.57. The second kappa shape index (κ2) is 5.13. The van der Waals surface area contributed by atoms with Crippen LogP contribution in [-0.4, -0.2) is 5.91 Å². The van der Waals surface area contributed by atoms with E-state index in [0.717, 1.165) is 22.6 Å². The van der Waals surface area contributed by atoms with Crippen molar-refractivity contribution in [1.29, 1.82) is 0 Å². The lowest BCUT2D eigenvalue weighted by molar-refractivity contribution is -0.115. The average molecular weight is 282 g/mol. The van der Waals surface area contributed by atoms with Gasteiger partial charge in [0, 0.05) is 11.8 Å². The van der Waals surface area contributed by atoms with Crippen LogP contribution in [0.3, 0.4) is 0 Å². The number of carbonyl (C=O) groups is 1. The Morgan fingerprint density at radius 1 is 1.19 bits per heavy atom. The molecule has 0 unspecified atom stereocenters. The molecule has 1 amide bonds. The van der Waals surface area contributed by atoms with Crippen LogP contribution in [-0.2, 0) is 11.2 Å². The molecule has 0 fully saturated rings. The molecule has 0 saturated carbocycles. The highest BCUT2D eigenvalue weighted by molar-refractivity contribution is 6.00. The van der Waals surface area contributed by atoms with Crippen molar-refractivity contribution in [2.75, 3.05) is 11.1 Å². The largest absolute Gasteiger partial charge is 0.455 e. The van der Waals surface area contributed by atoms with E-state index in [1.165, 1.54) is 0 Å². The van der Waals surface area contributed by atoms with Gasteiger partial charge in [-0.25, -0.2) is 0 Å². The van der Waals surface area contributed by atoms with Crippen molar-refractivity contribution in [3.05, 3.63) is 47.5 Å². The molecule has 1 aliphatic rings. The molecule has 2 aromatic carbocycles. The molecule has 108 valence electrons. The summed E-state index contributed by atoms with van der Waals surface area (Å²) >= 11 is 0. The zero-order chi connectivity index (χ0) is 15.0. The van der Waals surface area contributed by atoms with E-state index < -0.39 is 0 Å². The van der Waals surface area contributed by atoms with Crippen LogP contribution in [0, 0.1) is 0 Å². The van der Waals surface area contributed by atoms with E-state index in [2.05, 4.69) is 19.2 Å². The van der Waals surface area contributed by atoms with Gasteiger partial charge in [-0.1, -0.05) is 32.0 Å². The number of hydrogen-bond acceptors (Lipinski definition) is 3. The summed E-state index contributed by atoms with van der Waals surface area (Å²) in [4.78, 5) is 11.4. The van der Waals surface area contributed by atoms with Gasteiger partial charge < -0.3 is 15.8 Å². The fourth-order valence-electron chi connectivity index (χ4n) is 2.53. The van der Waals surface area contributed by atoms with E-state index in [-0.39, 0.29) is 5.91 Å². The van der Waals surface area contributed by atoms with E-state index in [1.54, 1.807) is 12.1 Å². The lowest BCUT2D eigenvalue weighted by Gasteiger charge is -2.15. The van der Waals surface area contributed by atoms with Gasteiger partial charge in [-0.15, -0.1) is 0 Å². The minimum absolute atomic E-state index is 0.0101. The predicted octanol–water partition coefficient (Wildman–Crippen LogP) is 3.68. The topological polar surface area (TPSA) is 64.3 Å². The van der Waals surface area contributed by atoms with Crippen molar-refractivity contribution in [3.63, 3.8) is 0 Å². The first-order chi connectivity index (χ1) is 10.0. The van der Waals surface area contributed by atoms with Gasteiger partial charge in [-0.3, -0.25) is 4.79 Å². The Labute approximate surface area is 123 Å². The van der Waals surface area contributed by atoms with Crippen LogP contribution in [0.15, 0.2) is 36.4 Å². The van der Waals surface area contributed by atoms with Gasteiger partial charge in [0.05, 0.1) is 12.1 Å². The number of nitrogens with two attached hydrogens (primary N) is 1. The van der Waals surface area contributed by atoms with Crippen LogP contribution in [0.5, 0.6) is 11.5 Å². The summed E-state index contributed by atoms with van der Waals surface area (Å²) in [5.41, 5.74) is 9.42. The maximum Gasteiger partial charge on any atom is 0.228 e. The SMILES string of the molecule is CC(C)c1ccccc1Oc1cc2c(cc1N)CC(=O)N2. The Morgan fingerprint density at radius 2 is 1.95 bits per heavy atom. The highest BCUT2D eigenvalue weighted by Crippen LogP contribution is 2.37. The summed E-state index contributed by atoms with van der Waals surface area (Å²) in [6, 6.07) is 11.5. The molecule has 4 heteroatoms. The summed E-state index contributed by atoms with van der Waals surface area (Å²) in [5, 5.41) is 2.81. The molecule has 1 aliphatic heterocycles. The van der Waals surface area contributed by atoms with Crippen LogP contribution >= 0.6 is 0 Å². The summed E-state index contributed by atoms with van der Waals surface area (Å²) in [7, 11) is 0. The molecule has 0 spiro atoms. The first kappa shape index (κ1) is 13.5. The minimum Gasteiger partial charge on any atom is -0.455 e. The van der Waals surface area contributed by atoms with Crippen LogP contribution < -0.4 is 15.8 Å². The van der Waals surface area contributed by atoms with E-state index in [1.807, 2.05) is 24.3 Å².